The number of hydrogen-bond donors (Lipinski definition) is 2. The van der Waals surface area contributed by atoms with Crippen molar-refractivity contribution in [2.45, 2.75) is 6.42 Å². The predicted molar refractivity (Wildman–Crippen MR) is 53.3 cm³/mol. The van der Waals surface area contributed by atoms with Gasteiger partial charge in [0.1, 0.15) is 0 Å². The van der Waals surface area contributed by atoms with E-state index in [4.69, 9.17) is 10.9 Å². The third kappa shape index (κ3) is 2.77. The molecule has 0 atom stereocenters. The lowest BCUT2D eigenvalue weighted by molar-refractivity contribution is -0.0117. The first kappa shape index (κ1) is 9.44. The minimum absolute atomic E-state index is 0.0187. The lowest BCUT2D eigenvalue weighted by Gasteiger charge is -2.12. The molecule has 0 fully saturated rings. The molecule has 0 aromatic carbocycles. The number of nitrogens with two attached hydrogens (primary N) is 1. The fraction of sp³-hybridized carbons (Fsp3) is 0.286. The first-order valence-electron chi connectivity index (χ1n) is 3.47. The highest BCUT2D eigenvalue weighted by Gasteiger charge is 2.01. The first-order chi connectivity index (χ1) is 5.70. The van der Waals surface area contributed by atoms with Crippen LogP contribution in [0.4, 0.5) is 0 Å². The Kier molecular flexibility index (Phi) is 3.46. The number of rotatable bonds is 3. The van der Waals surface area contributed by atoms with Crippen LogP contribution in [0.1, 0.15) is 5.56 Å². The zero-order valence-corrected chi connectivity index (χ0v) is 8.07. The van der Waals surface area contributed by atoms with Crippen molar-refractivity contribution >= 4 is 28.7 Å². The van der Waals surface area contributed by atoms with E-state index in [-0.39, 0.29) is 5.11 Å². The Balaban J connectivity index is 2.31. The Hall–Kier alpha value is -0.650. The van der Waals surface area contributed by atoms with Crippen molar-refractivity contribution in [1.82, 2.24) is 5.06 Å². The van der Waals surface area contributed by atoms with Crippen molar-refractivity contribution in [1.29, 1.82) is 0 Å². The summed E-state index contributed by atoms with van der Waals surface area (Å²) in [5, 5.41) is 14.0. The Morgan fingerprint density at radius 2 is 2.50 bits per heavy atom. The second-order valence-corrected chi connectivity index (χ2v) is 3.54. The molecule has 1 heterocycles. The molecule has 0 saturated carbocycles. The summed E-state index contributed by atoms with van der Waals surface area (Å²) >= 11 is 6.20. The molecule has 1 aromatic heterocycles. The topological polar surface area (TPSA) is 49.5 Å². The average Bonchev–Trinajstić information content (AvgIpc) is 2.51. The van der Waals surface area contributed by atoms with Gasteiger partial charge in [-0.3, -0.25) is 5.21 Å². The summed E-state index contributed by atoms with van der Waals surface area (Å²) in [6, 6.07) is 2.01. The van der Waals surface area contributed by atoms with Gasteiger partial charge in [-0.1, -0.05) is 0 Å². The highest BCUT2D eigenvalue weighted by molar-refractivity contribution is 7.80. The monoisotopic (exact) mass is 202 g/mol. The Labute approximate surface area is 80.4 Å². The molecule has 0 spiro atoms. The average molecular weight is 202 g/mol. The normalized spacial score (nSPS) is 9.75. The van der Waals surface area contributed by atoms with E-state index in [0.717, 1.165) is 11.5 Å². The van der Waals surface area contributed by atoms with Crippen molar-refractivity contribution in [2.24, 2.45) is 5.73 Å². The summed E-state index contributed by atoms with van der Waals surface area (Å²) in [4.78, 5) is 0. The molecule has 5 heteroatoms. The van der Waals surface area contributed by atoms with E-state index in [1.165, 1.54) is 5.56 Å². The maximum atomic E-state index is 9.10. The molecule has 12 heavy (non-hydrogen) atoms. The van der Waals surface area contributed by atoms with Gasteiger partial charge in [0.05, 0.1) is 6.54 Å². The summed E-state index contributed by atoms with van der Waals surface area (Å²) in [7, 11) is 0. The minimum atomic E-state index is 0.0187. The molecule has 0 aliphatic heterocycles. The SMILES string of the molecule is NC(=S)N(O)CCc1ccsc1. The van der Waals surface area contributed by atoms with Gasteiger partial charge < -0.3 is 5.73 Å². The van der Waals surface area contributed by atoms with Crippen molar-refractivity contribution in [3.8, 4) is 0 Å². The Morgan fingerprint density at radius 1 is 1.75 bits per heavy atom. The fourth-order valence-electron chi connectivity index (χ4n) is 0.780. The van der Waals surface area contributed by atoms with Crippen LogP contribution in [0.5, 0.6) is 0 Å². The van der Waals surface area contributed by atoms with Crippen LogP contribution < -0.4 is 5.73 Å². The molecule has 66 valence electrons. The molecule has 0 aliphatic rings. The van der Waals surface area contributed by atoms with Crippen molar-refractivity contribution in [3.63, 3.8) is 0 Å². The van der Waals surface area contributed by atoms with Crippen molar-refractivity contribution in [3.05, 3.63) is 22.4 Å². The van der Waals surface area contributed by atoms with E-state index >= 15 is 0 Å². The van der Waals surface area contributed by atoms with E-state index in [1.807, 2.05) is 16.8 Å². The third-order valence-corrected chi connectivity index (χ3v) is 2.39. The molecule has 0 radical (unpaired) electrons. The number of nitrogens with zero attached hydrogens (tertiary/aromatic N) is 1. The standard InChI is InChI=1S/C7H10N2OS2/c8-7(11)9(10)3-1-6-2-4-12-5-6/h2,4-5,10H,1,3H2,(H2,8,11). The molecular weight excluding hydrogens is 192 g/mol. The summed E-state index contributed by atoms with van der Waals surface area (Å²) < 4.78 is 0. The number of hydrogen-bond acceptors (Lipinski definition) is 3. The molecule has 0 amide bonds. The van der Waals surface area contributed by atoms with Crippen LogP contribution in [-0.2, 0) is 6.42 Å². The number of thiophene rings is 1. The van der Waals surface area contributed by atoms with E-state index < -0.39 is 0 Å². The van der Waals surface area contributed by atoms with E-state index in [2.05, 4.69) is 12.2 Å². The molecule has 3 N–H and O–H groups in total. The van der Waals surface area contributed by atoms with Crippen LogP contribution in [-0.4, -0.2) is 21.9 Å². The molecule has 3 nitrogen and oxygen atoms in total. The maximum absolute atomic E-state index is 9.10. The molecule has 0 saturated heterocycles. The predicted octanol–water partition coefficient (Wildman–Crippen LogP) is 1.23. The van der Waals surface area contributed by atoms with Gasteiger partial charge in [0, 0.05) is 0 Å². The minimum Gasteiger partial charge on any atom is -0.374 e. The van der Waals surface area contributed by atoms with Crippen LogP contribution in [0.15, 0.2) is 16.8 Å². The molecule has 0 unspecified atom stereocenters. The summed E-state index contributed by atoms with van der Waals surface area (Å²) in [6.07, 6.45) is 0.761. The van der Waals surface area contributed by atoms with Crippen LogP contribution in [0, 0.1) is 0 Å². The van der Waals surface area contributed by atoms with Crippen molar-refractivity contribution < 1.29 is 5.21 Å². The molecular formula is C7H10N2OS2. The van der Waals surface area contributed by atoms with Crippen molar-refractivity contribution in [2.75, 3.05) is 6.54 Å². The van der Waals surface area contributed by atoms with Gasteiger partial charge >= 0.3 is 0 Å². The second-order valence-electron chi connectivity index (χ2n) is 2.34. The summed E-state index contributed by atoms with van der Waals surface area (Å²) in [5.41, 5.74) is 6.38. The molecule has 0 bridgehead atoms. The third-order valence-electron chi connectivity index (χ3n) is 1.45. The Morgan fingerprint density at radius 3 is 3.00 bits per heavy atom. The van der Waals surface area contributed by atoms with Crippen LogP contribution in [0.25, 0.3) is 0 Å². The van der Waals surface area contributed by atoms with Gasteiger partial charge in [-0.2, -0.15) is 11.3 Å². The summed E-state index contributed by atoms with van der Waals surface area (Å²) in [6.45, 7) is 0.450. The van der Waals surface area contributed by atoms with Gasteiger partial charge in [0.2, 0.25) is 0 Å². The van der Waals surface area contributed by atoms with Gasteiger partial charge in [-0.25, -0.2) is 5.06 Å². The fourth-order valence-corrected chi connectivity index (χ4v) is 1.57. The zero-order valence-electron chi connectivity index (χ0n) is 6.43. The maximum Gasteiger partial charge on any atom is 0.190 e. The molecule has 0 aliphatic carbocycles. The number of hydroxylamine groups is 2. The lowest BCUT2D eigenvalue weighted by atomic mass is 10.2. The van der Waals surface area contributed by atoms with Gasteiger partial charge in [-0.05, 0) is 41.0 Å². The largest absolute Gasteiger partial charge is 0.374 e. The van der Waals surface area contributed by atoms with Crippen LogP contribution in [0.3, 0.4) is 0 Å². The molecule has 1 rings (SSSR count). The molecule has 1 aromatic rings. The lowest BCUT2D eigenvalue weighted by Crippen LogP contribution is -2.33. The van der Waals surface area contributed by atoms with E-state index in [9.17, 15) is 0 Å². The number of thiocarbonyl (C=S) groups is 1. The smallest absolute Gasteiger partial charge is 0.190 e. The summed E-state index contributed by atoms with van der Waals surface area (Å²) in [5.74, 6) is 0. The van der Waals surface area contributed by atoms with Gasteiger partial charge in [0.25, 0.3) is 0 Å². The quantitative estimate of drug-likeness (QED) is 0.571. The first-order valence-corrected chi connectivity index (χ1v) is 4.82. The Bertz CT molecular complexity index is 248. The van der Waals surface area contributed by atoms with Crippen LogP contribution in [0.2, 0.25) is 0 Å². The van der Waals surface area contributed by atoms with Crippen LogP contribution >= 0.6 is 23.6 Å². The second kappa shape index (κ2) is 4.39. The van der Waals surface area contributed by atoms with Gasteiger partial charge in [0.15, 0.2) is 5.11 Å². The zero-order chi connectivity index (χ0) is 8.97. The highest BCUT2D eigenvalue weighted by Crippen LogP contribution is 2.06. The highest BCUT2D eigenvalue weighted by atomic mass is 32.1. The van der Waals surface area contributed by atoms with E-state index in [0.29, 0.717) is 6.54 Å². The van der Waals surface area contributed by atoms with Gasteiger partial charge in [-0.15, -0.1) is 0 Å². The van der Waals surface area contributed by atoms with E-state index in [1.54, 1.807) is 11.3 Å².